The maximum absolute atomic E-state index is 10.3. The molecule has 0 amide bonds. The van der Waals surface area contributed by atoms with E-state index in [0.717, 1.165) is 35.2 Å². The van der Waals surface area contributed by atoms with E-state index in [1.54, 1.807) is 6.07 Å². The van der Waals surface area contributed by atoms with E-state index in [1.165, 1.54) is 27.1 Å². The lowest BCUT2D eigenvalue weighted by Gasteiger charge is -2.11. The highest BCUT2D eigenvalue weighted by atomic mass is 16.3. The van der Waals surface area contributed by atoms with E-state index in [9.17, 15) is 5.11 Å². The van der Waals surface area contributed by atoms with Crippen molar-refractivity contribution >= 4 is 64.3 Å². The molecule has 0 bridgehead atoms. The van der Waals surface area contributed by atoms with E-state index in [2.05, 4.69) is 72.2 Å². The molecule has 4 nitrogen and oxygen atoms in total. The first-order valence-electron chi connectivity index (χ1n) is 10.3. The highest BCUT2D eigenvalue weighted by molar-refractivity contribution is 6.38. The molecule has 0 aliphatic rings. The number of nitrogens with zero attached hydrogens (tertiary/aromatic N) is 3. The van der Waals surface area contributed by atoms with Crippen molar-refractivity contribution < 1.29 is 5.11 Å². The zero-order valence-electron chi connectivity index (χ0n) is 16.9. The van der Waals surface area contributed by atoms with Gasteiger partial charge in [-0.2, -0.15) is 0 Å². The first kappa shape index (κ1) is 17.2. The largest absolute Gasteiger partial charge is 0.508 e. The van der Waals surface area contributed by atoms with Gasteiger partial charge in [0, 0.05) is 39.3 Å². The van der Waals surface area contributed by atoms with Crippen LogP contribution in [0.3, 0.4) is 0 Å². The Balaban J connectivity index is 1.86. The van der Waals surface area contributed by atoms with E-state index in [0.29, 0.717) is 0 Å². The molecular formula is C24H19B2N3O. The lowest BCUT2D eigenvalue weighted by Crippen LogP contribution is -2.06. The number of aromatic hydroxyl groups is 1. The fraction of sp³-hybridized carbons (Fsp3) is 0.0417. The Morgan fingerprint density at radius 3 is 2.53 bits per heavy atom. The minimum absolute atomic E-state index is 0.256. The van der Waals surface area contributed by atoms with Crippen molar-refractivity contribution in [1.29, 1.82) is 0 Å². The number of pyridine rings is 1. The standard InChI is InChI=1S/C24H19B2N3O/c1-26-29-21-5-3-2-4-16(21)18-10-11-27-24(23(18)29)28-20-9-6-14(25)12-19(20)17-8-7-15(30)13-22(17)28/h2-13,26,30H,25H2,1H3. The number of para-hydroxylation sites is 1. The Labute approximate surface area is 175 Å². The second kappa shape index (κ2) is 6.17. The topological polar surface area (TPSA) is 43.0 Å². The van der Waals surface area contributed by atoms with Crippen molar-refractivity contribution in [1.82, 2.24) is 14.0 Å². The van der Waals surface area contributed by atoms with Gasteiger partial charge in [-0.3, -0.25) is 4.57 Å². The normalized spacial score (nSPS) is 11.8. The van der Waals surface area contributed by atoms with Gasteiger partial charge >= 0.3 is 0 Å². The van der Waals surface area contributed by atoms with Crippen LogP contribution < -0.4 is 5.46 Å². The molecule has 3 aromatic carbocycles. The molecule has 0 fully saturated rings. The van der Waals surface area contributed by atoms with Crippen LogP contribution in [-0.2, 0) is 0 Å². The highest BCUT2D eigenvalue weighted by Crippen LogP contribution is 2.37. The number of phenolic OH excluding ortho intramolecular Hbond substituents is 1. The minimum atomic E-state index is 0.256. The molecule has 0 saturated carbocycles. The van der Waals surface area contributed by atoms with Gasteiger partial charge in [0.1, 0.15) is 13.6 Å². The van der Waals surface area contributed by atoms with Crippen LogP contribution in [0.5, 0.6) is 5.75 Å². The van der Waals surface area contributed by atoms with Crippen molar-refractivity contribution in [3.8, 4) is 11.6 Å². The Kier molecular flexibility index (Phi) is 3.54. The molecule has 0 aliphatic heterocycles. The monoisotopic (exact) mass is 387 g/mol. The van der Waals surface area contributed by atoms with Crippen molar-refractivity contribution in [3.63, 3.8) is 0 Å². The molecule has 30 heavy (non-hydrogen) atoms. The Bertz CT molecular complexity index is 1610. The molecule has 3 heterocycles. The first-order chi connectivity index (χ1) is 14.7. The van der Waals surface area contributed by atoms with E-state index < -0.39 is 0 Å². The summed E-state index contributed by atoms with van der Waals surface area (Å²) >= 11 is 0. The molecule has 142 valence electrons. The molecule has 6 heteroatoms. The van der Waals surface area contributed by atoms with Gasteiger partial charge in [0.25, 0.3) is 0 Å². The summed E-state index contributed by atoms with van der Waals surface area (Å²) in [5, 5.41) is 15.0. The number of hydrogen-bond acceptors (Lipinski definition) is 2. The summed E-state index contributed by atoms with van der Waals surface area (Å²) < 4.78 is 4.53. The van der Waals surface area contributed by atoms with E-state index in [1.807, 2.05) is 18.3 Å². The molecule has 0 unspecified atom stereocenters. The van der Waals surface area contributed by atoms with Gasteiger partial charge in [0.15, 0.2) is 5.82 Å². The number of hydrogen-bond donors (Lipinski definition) is 1. The van der Waals surface area contributed by atoms with Crippen LogP contribution in [0.1, 0.15) is 0 Å². The van der Waals surface area contributed by atoms with Gasteiger partial charge in [-0.15, -0.1) is 0 Å². The second-order valence-corrected chi connectivity index (χ2v) is 7.85. The minimum Gasteiger partial charge on any atom is -0.508 e. The molecule has 3 aromatic heterocycles. The average Bonchev–Trinajstić information content (AvgIpc) is 3.25. The zero-order chi connectivity index (χ0) is 20.4. The van der Waals surface area contributed by atoms with Crippen molar-refractivity contribution in [3.05, 3.63) is 72.9 Å². The predicted octanol–water partition coefficient (Wildman–Crippen LogP) is 3.50. The quantitative estimate of drug-likeness (QED) is 0.463. The number of benzene rings is 3. The average molecular weight is 387 g/mol. The lowest BCUT2D eigenvalue weighted by atomic mass is 9.94. The summed E-state index contributed by atoms with van der Waals surface area (Å²) in [7, 11) is 2.96. The number of phenols is 1. The summed E-state index contributed by atoms with van der Waals surface area (Å²) in [6, 6.07) is 22.7. The van der Waals surface area contributed by atoms with Gasteiger partial charge in [0.2, 0.25) is 7.41 Å². The molecule has 0 spiro atoms. The van der Waals surface area contributed by atoms with Crippen LogP contribution in [0.15, 0.2) is 72.9 Å². The molecule has 0 saturated heterocycles. The third kappa shape index (κ3) is 2.22. The lowest BCUT2D eigenvalue weighted by molar-refractivity contribution is 0.476. The zero-order valence-corrected chi connectivity index (χ0v) is 16.9. The fourth-order valence-corrected chi connectivity index (χ4v) is 4.83. The summed E-state index contributed by atoms with van der Waals surface area (Å²) in [5.74, 6) is 1.14. The molecule has 0 aliphatic carbocycles. The first-order valence-corrected chi connectivity index (χ1v) is 10.3. The van der Waals surface area contributed by atoms with Crippen LogP contribution in [-0.4, -0.2) is 34.4 Å². The van der Waals surface area contributed by atoms with Gasteiger partial charge < -0.3 is 9.58 Å². The van der Waals surface area contributed by atoms with Crippen molar-refractivity contribution in [2.75, 3.05) is 0 Å². The van der Waals surface area contributed by atoms with Gasteiger partial charge in [-0.05, 0) is 30.3 Å². The van der Waals surface area contributed by atoms with Crippen LogP contribution in [0.2, 0.25) is 6.82 Å². The summed E-state index contributed by atoms with van der Waals surface area (Å²) in [6.07, 6.45) is 1.89. The van der Waals surface area contributed by atoms with Crippen molar-refractivity contribution in [2.24, 2.45) is 0 Å². The third-order valence-electron chi connectivity index (χ3n) is 6.09. The van der Waals surface area contributed by atoms with Crippen LogP contribution >= 0.6 is 0 Å². The maximum Gasteiger partial charge on any atom is 0.239 e. The molecule has 6 aromatic rings. The summed E-state index contributed by atoms with van der Waals surface area (Å²) in [4.78, 5) is 4.87. The van der Waals surface area contributed by atoms with Crippen LogP contribution in [0.25, 0.3) is 49.4 Å². The van der Waals surface area contributed by atoms with Crippen LogP contribution in [0.4, 0.5) is 0 Å². The second-order valence-electron chi connectivity index (χ2n) is 7.85. The Morgan fingerprint density at radius 1 is 0.833 bits per heavy atom. The maximum atomic E-state index is 10.3. The molecule has 0 radical (unpaired) electrons. The Hall–Kier alpha value is -3.66. The van der Waals surface area contributed by atoms with Crippen LogP contribution in [0, 0.1) is 0 Å². The number of rotatable bonds is 2. The fourth-order valence-electron chi connectivity index (χ4n) is 4.83. The highest BCUT2D eigenvalue weighted by Gasteiger charge is 2.19. The van der Waals surface area contributed by atoms with Gasteiger partial charge in [-0.1, -0.05) is 42.6 Å². The Morgan fingerprint density at radius 2 is 1.67 bits per heavy atom. The van der Waals surface area contributed by atoms with E-state index >= 15 is 0 Å². The molecular weight excluding hydrogens is 368 g/mol. The van der Waals surface area contributed by atoms with E-state index in [4.69, 9.17) is 4.98 Å². The van der Waals surface area contributed by atoms with E-state index in [-0.39, 0.29) is 5.75 Å². The molecule has 6 rings (SSSR count). The summed E-state index contributed by atoms with van der Waals surface area (Å²) in [5.41, 5.74) is 5.59. The number of fused-ring (bicyclic) bond motifs is 6. The van der Waals surface area contributed by atoms with Gasteiger partial charge in [-0.25, -0.2) is 4.98 Å². The summed E-state index contributed by atoms with van der Waals surface area (Å²) in [6.45, 7) is 2.17. The predicted molar refractivity (Wildman–Crippen MR) is 130 cm³/mol. The molecule has 1 N–H and O–H groups in total. The number of aromatic nitrogens is 3. The third-order valence-corrected chi connectivity index (χ3v) is 6.09. The molecule has 0 atom stereocenters. The van der Waals surface area contributed by atoms with Crippen molar-refractivity contribution in [2.45, 2.75) is 6.82 Å². The smallest absolute Gasteiger partial charge is 0.239 e. The van der Waals surface area contributed by atoms with Gasteiger partial charge in [0.05, 0.1) is 16.6 Å². The SMILES string of the molecule is Bc1ccc2c(c1)c1ccc(O)cc1n2-c1nccc2c3ccccc3n(BC)c12.